The molecular weight excluding hydrogens is 244 g/mol. The lowest BCUT2D eigenvalue weighted by Crippen LogP contribution is -2.30. The maximum atomic E-state index is 12.2. The highest BCUT2D eigenvalue weighted by molar-refractivity contribution is 5.95. The van der Waals surface area contributed by atoms with Crippen molar-refractivity contribution in [3.05, 3.63) is 42.1 Å². The second-order valence-corrected chi connectivity index (χ2v) is 4.73. The van der Waals surface area contributed by atoms with E-state index in [2.05, 4.69) is 4.98 Å². The van der Waals surface area contributed by atoms with Crippen LogP contribution in [0.5, 0.6) is 0 Å². The molecule has 2 atom stereocenters. The predicted molar refractivity (Wildman–Crippen MR) is 69.7 cm³/mol. The maximum Gasteiger partial charge on any atom is 0.272 e. The van der Waals surface area contributed by atoms with Crippen LogP contribution in [0.4, 0.5) is 0 Å². The van der Waals surface area contributed by atoms with Crippen molar-refractivity contribution in [2.75, 3.05) is 13.1 Å². The van der Waals surface area contributed by atoms with Crippen LogP contribution in [0.1, 0.15) is 10.5 Å². The van der Waals surface area contributed by atoms with Crippen molar-refractivity contribution in [3.8, 4) is 0 Å². The van der Waals surface area contributed by atoms with Crippen LogP contribution in [0, 0.1) is 0 Å². The minimum atomic E-state index is -0.871. The summed E-state index contributed by atoms with van der Waals surface area (Å²) in [6.45, 7) is 0.295. The molecule has 2 heterocycles. The van der Waals surface area contributed by atoms with E-state index in [-0.39, 0.29) is 19.0 Å². The van der Waals surface area contributed by atoms with Gasteiger partial charge < -0.3 is 15.1 Å². The summed E-state index contributed by atoms with van der Waals surface area (Å²) in [5, 5.41) is 19.9. The number of carbonyl (C=O) groups is 1. The molecule has 0 aliphatic carbocycles. The minimum absolute atomic E-state index is 0.147. The Morgan fingerprint density at radius 2 is 1.79 bits per heavy atom. The van der Waals surface area contributed by atoms with Crippen molar-refractivity contribution in [3.63, 3.8) is 0 Å². The first-order chi connectivity index (χ1) is 9.15. The quantitative estimate of drug-likeness (QED) is 0.777. The van der Waals surface area contributed by atoms with Crippen LogP contribution in [0.25, 0.3) is 10.9 Å². The molecule has 1 aromatic carbocycles. The summed E-state index contributed by atoms with van der Waals surface area (Å²) in [7, 11) is 0. The number of benzene rings is 1. The molecule has 98 valence electrons. The van der Waals surface area contributed by atoms with Crippen LogP contribution in [-0.2, 0) is 0 Å². The van der Waals surface area contributed by atoms with Crippen LogP contribution in [0.2, 0.25) is 0 Å². The monoisotopic (exact) mass is 258 g/mol. The molecule has 0 unspecified atom stereocenters. The zero-order chi connectivity index (χ0) is 13.4. The molecule has 1 fully saturated rings. The molecule has 1 saturated heterocycles. The zero-order valence-electron chi connectivity index (χ0n) is 10.2. The van der Waals surface area contributed by atoms with E-state index in [1.54, 1.807) is 6.07 Å². The number of hydrogen-bond acceptors (Lipinski definition) is 4. The van der Waals surface area contributed by atoms with Gasteiger partial charge >= 0.3 is 0 Å². The highest BCUT2D eigenvalue weighted by atomic mass is 16.3. The number of pyridine rings is 1. The summed E-state index contributed by atoms with van der Waals surface area (Å²) in [6, 6.07) is 11.1. The van der Waals surface area contributed by atoms with Crippen LogP contribution in [-0.4, -0.2) is 51.3 Å². The Bertz CT molecular complexity index is 619. The number of aromatic nitrogens is 1. The van der Waals surface area contributed by atoms with E-state index < -0.39 is 12.2 Å². The molecule has 2 N–H and O–H groups in total. The molecule has 19 heavy (non-hydrogen) atoms. The second kappa shape index (κ2) is 4.60. The topological polar surface area (TPSA) is 73.7 Å². The number of likely N-dealkylation sites (tertiary alicyclic amines) is 1. The molecule has 5 nitrogen and oxygen atoms in total. The number of para-hydroxylation sites is 1. The van der Waals surface area contributed by atoms with Gasteiger partial charge in [0.05, 0.1) is 17.7 Å². The molecular formula is C14H14N2O3. The fraction of sp³-hybridized carbons (Fsp3) is 0.286. The molecule has 0 spiro atoms. The van der Waals surface area contributed by atoms with Crippen molar-refractivity contribution in [1.29, 1.82) is 0 Å². The van der Waals surface area contributed by atoms with Crippen LogP contribution in [0.3, 0.4) is 0 Å². The predicted octanol–water partition coefficient (Wildman–Crippen LogP) is 0.412. The number of aliphatic hydroxyl groups is 2. The minimum Gasteiger partial charge on any atom is -0.388 e. The number of aliphatic hydroxyl groups excluding tert-OH is 2. The number of amides is 1. The standard InChI is InChI=1S/C14H14N2O3/c17-12-7-16(8-13(12)18)14(19)11-6-5-9-3-1-2-4-10(9)15-11/h1-6,12-13,17-18H,7-8H2/t12-,13+. The normalized spacial score (nSPS) is 22.9. The summed E-state index contributed by atoms with van der Waals surface area (Å²) in [6.07, 6.45) is -1.74. The van der Waals surface area contributed by atoms with E-state index in [9.17, 15) is 15.0 Å². The van der Waals surface area contributed by atoms with Gasteiger partial charge in [0, 0.05) is 18.5 Å². The lowest BCUT2D eigenvalue weighted by atomic mass is 10.2. The Kier molecular flexibility index (Phi) is 2.93. The lowest BCUT2D eigenvalue weighted by molar-refractivity contribution is 0.0572. The molecule has 0 saturated carbocycles. The van der Waals surface area contributed by atoms with Crippen molar-refractivity contribution in [1.82, 2.24) is 9.88 Å². The number of nitrogens with zero attached hydrogens (tertiary/aromatic N) is 2. The number of hydrogen-bond donors (Lipinski definition) is 2. The van der Waals surface area contributed by atoms with Gasteiger partial charge in [-0.3, -0.25) is 4.79 Å². The van der Waals surface area contributed by atoms with E-state index in [1.165, 1.54) is 4.90 Å². The summed E-state index contributed by atoms with van der Waals surface area (Å²) in [5.41, 5.74) is 1.09. The van der Waals surface area contributed by atoms with Crippen LogP contribution < -0.4 is 0 Å². The number of β-amino-alcohol motifs (C(OH)–C–C–N with tert-alkyl or cyclic N) is 2. The Labute approximate surface area is 110 Å². The fourth-order valence-electron chi connectivity index (χ4n) is 2.28. The number of rotatable bonds is 1. The third kappa shape index (κ3) is 2.18. The van der Waals surface area contributed by atoms with E-state index in [0.717, 1.165) is 10.9 Å². The Morgan fingerprint density at radius 1 is 1.11 bits per heavy atom. The summed E-state index contributed by atoms with van der Waals surface area (Å²) in [5.74, 6) is -0.263. The van der Waals surface area contributed by atoms with Crippen molar-refractivity contribution in [2.24, 2.45) is 0 Å². The third-order valence-electron chi connectivity index (χ3n) is 3.36. The van der Waals surface area contributed by atoms with Gasteiger partial charge in [0.1, 0.15) is 5.69 Å². The first-order valence-corrected chi connectivity index (χ1v) is 6.16. The fourth-order valence-corrected chi connectivity index (χ4v) is 2.28. The highest BCUT2D eigenvalue weighted by Crippen LogP contribution is 2.16. The van der Waals surface area contributed by atoms with Gasteiger partial charge in [-0.05, 0) is 12.1 Å². The van der Waals surface area contributed by atoms with Gasteiger partial charge in [-0.25, -0.2) is 4.98 Å². The van der Waals surface area contributed by atoms with Gasteiger partial charge in [-0.15, -0.1) is 0 Å². The van der Waals surface area contributed by atoms with Gasteiger partial charge in [0.15, 0.2) is 0 Å². The summed E-state index contributed by atoms with van der Waals surface area (Å²) in [4.78, 5) is 18.0. The zero-order valence-corrected chi connectivity index (χ0v) is 10.2. The third-order valence-corrected chi connectivity index (χ3v) is 3.36. The van der Waals surface area contributed by atoms with Crippen molar-refractivity contribution >= 4 is 16.8 Å². The Balaban J connectivity index is 1.90. The van der Waals surface area contributed by atoms with Gasteiger partial charge in [-0.1, -0.05) is 24.3 Å². The molecule has 0 radical (unpaired) electrons. The first-order valence-electron chi connectivity index (χ1n) is 6.16. The molecule has 1 aliphatic rings. The number of fused-ring (bicyclic) bond motifs is 1. The van der Waals surface area contributed by atoms with Crippen LogP contribution in [0.15, 0.2) is 36.4 Å². The molecule has 1 aliphatic heterocycles. The Morgan fingerprint density at radius 3 is 2.53 bits per heavy atom. The molecule has 1 aromatic heterocycles. The molecule has 2 aromatic rings. The Hall–Kier alpha value is -1.98. The van der Waals surface area contributed by atoms with E-state index >= 15 is 0 Å². The van der Waals surface area contributed by atoms with E-state index in [4.69, 9.17) is 0 Å². The van der Waals surface area contributed by atoms with Crippen molar-refractivity contribution in [2.45, 2.75) is 12.2 Å². The highest BCUT2D eigenvalue weighted by Gasteiger charge is 2.33. The smallest absolute Gasteiger partial charge is 0.272 e. The SMILES string of the molecule is O=C(c1ccc2ccccc2n1)N1C[C@@H](O)[C@@H](O)C1. The van der Waals surface area contributed by atoms with Gasteiger partial charge in [-0.2, -0.15) is 0 Å². The molecule has 0 bridgehead atoms. The van der Waals surface area contributed by atoms with Gasteiger partial charge in [0.25, 0.3) is 5.91 Å². The number of carbonyl (C=O) groups excluding carboxylic acids is 1. The average Bonchev–Trinajstić information content (AvgIpc) is 2.77. The molecule has 3 rings (SSSR count). The van der Waals surface area contributed by atoms with E-state index in [1.807, 2.05) is 30.3 Å². The van der Waals surface area contributed by atoms with Crippen molar-refractivity contribution < 1.29 is 15.0 Å². The lowest BCUT2D eigenvalue weighted by Gasteiger charge is -2.14. The summed E-state index contributed by atoms with van der Waals surface area (Å²) < 4.78 is 0. The average molecular weight is 258 g/mol. The maximum absolute atomic E-state index is 12.2. The summed E-state index contributed by atoms with van der Waals surface area (Å²) >= 11 is 0. The first kappa shape index (κ1) is 12.1. The van der Waals surface area contributed by atoms with Crippen LogP contribution >= 0.6 is 0 Å². The largest absolute Gasteiger partial charge is 0.388 e. The van der Waals surface area contributed by atoms with E-state index in [0.29, 0.717) is 5.69 Å². The van der Waals surface area contributed by atoms with Gasteiger partial charge in [0.2, 0.25) is 0 Å². The second-order valence-electron chi connectivity index (χ2n) is 4.73. The molecule has 1 amide bonds. The molecule has 5 heteroatoms.